The Morgan fingerprint density at radius 2 is 2.21 bits per heavy atom. The number of hydrogen-bond acceptors (Lipinski definition) is 4. The molecule has 96 valence electrons. The van der Waals surface area contributed by atoms with Crippen LogP contribution in [0, 0.1) is 19.3 Å². The molecule has 3 aromatic rings. The van der Waals surface area contributed by atoms with E-state index in [4.69, 9.17) is 9.83 Å². The summed E-state index contributed by atoms with van der Waals surface area (Å²) in [5.41, 5.74) is 2.97. The summed E-state index contributed by atoms with van der Waals surface area (Å²) in [6.45, 7) is 4.43. The molecule has 0 atom stereocenters. The van der Waals surface area contributed by atoms with Gasteiger partial charge in [-0.05, 0) is 25.5 Å². The van der Waals surface area contributed by atoms with Gasteiger partial charge in [-0.15, -0.1) is 0 Å². The van der Waals surface area contributed by atoms with Gasteiger partial charge in [-0.2, -0.15) is 0 Å². The number of hydrogen-bond donors (Lipinski definition) is 1. The lowest BCUT2D eigenvalue weighted by atomic mass is 10.2. The fraction of sp³-hybridized carbons (Fsp3) is 0.214. The number of nitrogens with one attached hydrogen (secondary N) is 1. The molecule has 0 spiro atoms. The molecule has 0 amide bonds. The van der Waals surface area contributed by atoms with Crippen LogP contribution in [0.5, 0.6) is 0 Å². The van der Waals surface area contributed by atoms with Crippen LogP contribution in [-0.4, -0.2) is 14.5 Å². The summed E-state index contributed by atoms with van der Waals surface area (Å²) in [6.07, 6.45) is 5.17. The van der Waals surface area contributed by atoms with Gasteiger partial charge >= 0.3 is 0 Å². The molecule has 0 aliphatic rings. The van der Waals surface area contributed by atoms with Crippen LogP contribution in [0.15, 0.2) is 35.3 Å². The molecule has 19 heavy (non-hydrogen) atoms. The van der Waals surface area contributed by atoms with E-state index in [9.17, 15) is 0 Å². The fourth-order valence-electron chi connectivity index (χ4n) is 2.11. The lowest BCUT2D eigenvalue weighted by Gasteiger charge is -2.06. The van der Waals surface area contributed by atoms with E-state index >= 15 is 0 Å². The van der Waals surface area contributed by atoms with Crippen molar-refractivity contribution in [2.45, 2.75) is 20.4 Å². The highest BCUT2D eigenvalue weighted by Gasteiger charge is 2.11. The number of aryl methyl sites for hydroxylation is 2. The van der Waals surface area contributed by atoms with Crippen molar-refractivity contribution in [3.8, 4) is 0 Å². The van der Waals surface area contributed by atoms with E-state index < -0.39 is 0 Å². The molecule has 3 heterocycles. The third kappa shape index (κ3) is 1.93. The van der Waals surface area contributed by atoms with Crippen LogP contribution in [0.4, 0.5) is 0 Å². The van der Waals surface area contributed by atoms with Gasteiger partial charge in [-0.3, -0.25) is 10.4 Å². The minimum Gasteiger partial charge on any atom is -0.443 e. The zero-order valence-corrected chi connectivity index (χ0v) is 10.8. The van der Waals surface area contributed by atoms with Crippen molar-refractivity contribution in [2.24, 2.45) is 0 Å². The Bertz CT molecular complexity index is 786. The maximum atomic E-state index is 8.29. The van der Waals surface area contributed by atoms with Crippen molar-refractivity contribution in [2.75, 3.05) is 0 Å². The summed E-state index contributed by atoms with van der Waals surface area (Å²) < 4.78 is 7.32. The summed E-state index contributed by atoms with van der Waals surface area (Å²) in [6, 6.07) is 3.87. The topological polar surface area (TPSA) is 67.7 Å². The molecule has 5 heteroatoms. The zero-order chi connectivity index (χ0) is 13.4. The first-order valence-corrected chi connectivity index (χ1v) is 6.05. The molecule has 1 N–H and O–H groups in total. The predicted molar refractivity (Wildman–Crippen MR) is 70.7 cm³/mol. The van der Waals surface area contributed by atoms with Crippen LogP contribution in [0.25, 0.3) is 11.1 Å². The number of nitrogens with zero attached hydrogens (tertiary/aromatic N) is 3. The van der Waals surface area contributed by atoms with Crippen molar-refractivity contribution in [3.05, 3.63) is 53.2 Å². The normalized spacial score (nSPS) is 11.1. The van der Waals surface area contributed by atoms with E-state index in [0.29, 0.717) is 17.7 Å². The van der Waals surface area contributed by atoms with Gasteiger partial charge in [0.15, 0.2) is 0 Å². The van der Waals surface area contributed by atoms with Gasteiger partial charge in [0.05, 0.1) is 11.9 Å². The van der Waals surface area contributed by atoms with Gasteiger partial charge in [0.2, 0.25) is 5.71 Å². The lowest BCUT2D eigenvalue weighted by molar-refractivity contribution is 0.560. The van der Waals surface area contributed by atoms with Crippen LogP contribution < -0.4 is 5.49 Å². The number of pyridine rings is 1. The fourth-order valence-corrected chi connectivity index (χ4v) is 2.11. The minimum atomic E-state index is 0.420. The Morgan fingerprint density at radius 1 is 1.37 bits per heavy atom. The Hall–Kier alpha value is -2.43. The quantitative estimate of drug-likeness (QED) is 0.762. The smallest absolute Gasteiger partial charge is 0.231 e. The van der Waals surface area contributed by atoms with Gasteiger partial charge in [-0.1, -0.05) is 6.07 Å². The van der Waals surface area contributed by atoms with Crippen molar-refractivity contribution < 1.29 is 4.42 Å². The first kappa shape index (κ1) is 11.6. The Labute approximate surface area is 110 Å². The average Bonchev–Trinajstić information content (AvgIpc) is 2.71. The molecule has 0 bridgehead atoms. The van der Waals surface area contributed by atoms with Gasteiger partial charge in [0.1, 0.15) is 17.6 Å². The first-order chi connectivity index (χ1) is 9.16. The molecule has 0 saturated carbocycles. The highest BCUT2D eigenvalue weighted by Crippen LogP contribution is 2.19. The largest absolute Gasteiger partial charge is 0.443 e. The third-order valence-electron chi connectivity index (χ3n) is 3.28. The Morgan fingerprint density at radius 3 is 2.95 bits per heavy atom. The number of aromatic nitrogens is 3. The maximum absolute atomic E-state index is 8.29. The Kier molecular flexibility index (Phi) is 2.67. The molecule has 0 unspecified atom stereocenters. The summed E-state index contributed by atoms with van der Waals surface area (Å²) >= 11 is 0. The van der Waals surface area contributed by atoms with E-state index in [2.05, 4.69) is 9.97 Å². The molecule has 3 rings (SSSR count). The second kappa shape index (κ2) is 4.35. The van der Waals surface area contributed by atoms with Crippen LogP contribution in [0.2, 0.25) is 0 Å². The third-order valence-corrected chi connectivity index (χ3v) is 3.28. The highest BCUT2D eigenvalue weighted by molar-refractivity contribution is 5.76. The second-order valence-electron chi connectivity index (χ2n) is 4.55. The van der Waals surface area contributed by atoms with E-state index in [1.807, 2.05) is 26.0 Å². The summed E-state index contributed by atoms with van der Waals surface area (Å²) in [5.74, 6) is 0.815. The number of furan rings is 1. The van der Waals surface area contributed by atoms with Gasteiger partial charge in [0.25, 0.3) is 0 Å². The molecular formula is C14H14N4O. The number of fused-ring (bicyclic) bond motifs is 1. The Balaban J connectivity index is 2.13. The molecule has 3 aromatic heterocycles. The molecule has 0 saturated heterocycles. The van der Waals surface area contributed by atoms with E-state index in [1.54, 1.807) is 23.3 Å². The second-order valence-corrected chi connectivity index (χ2v) is 4.55. The summed E-state index contributed by atoms with van der Waals surface area (Å²) in [4.78, 5) is 8.36. The van der Waals surface area contributed by atoms with Crippen LogP contribution in [0.1, 0.15) is 16.9 Å². The van der Waals surface area contributed by atoms with Crippen molar-refractivity contribution in [3.63, 3.8) is 0 Å². The van der Waals surface area contributed by atoms with Crippen molar-refractivity contribution in [1.82, 2.24) is 14.5 Å². The highest BCUT2D eigenvalue weighted by atomic mass is 16.3. The zero-order valence-electron chi connectivity index (χ0n) is 10.8. The summed E-state index contributed by atoms with van der Waals surface area (Å²) in [5, 5.41) is 9.07. The van der Waals surface area contributed by atoms with Crippen LogP contribution in [-0.2, 0) is 6.54 Å². The maximum Gasteiger partial charge on any atom is 0.231 e. The SMILES string of the molecule is Cc1oc2ncn(Cc3cccnc3)c(=N)c2c1C. The van der Waals surface area contributed by atoms with Crippen LogP contribution >= 0.6 is 0 Å². The standard InChI is InChI=1S/C14H14N4O/c1-9-10(2)19-14-12(9)13(15)18(8-17-14)7-11-4-3-5-16-6-11/h3-6,8,15H,7H2,1-2H3. The molecule has 0 radical (unpaired) electrons. The van der Waals surface area contributed by atoms with Crippen LogP contribution in [0.3, 0.4) is 0 Å². The van der Waals surface area contributed by atoms with E-state index in [-0.39, 0.29) is 0 Å². The predicted octanol–water partition coefficient (Wildman–Crippen LogP) is 2.17. The van der Waals surface area contributed by atoms with Crippen molar-refractivity contribution >= 4 is 11.1 Å². The van der Waals surface area contributed by atoms with E-state index in [1.165, 1.54) is 0 Å². The molecule has 5 nitrogen and oxygen atoms in total. The molecule has 0 fully saturated rings. The van der Waals surface area contributed by atoms with Crippen molar-refractivity contribution in [1.29, 1.82) is 5.41 Å². The monoisotopic (exact) mass is 254 g/mol. The summed E-state index contributed by atoms with van der Waals surface area (Å²) in [7, 11) is 0. The molecule has 0 aliphatic heterocycles. The minimum absolute atomic E-state index is 0.420. The molecule has 0 aromatic carbocycles. The number of rotatable bonds is 2. The van der Waals surface area contributed by atoms with E-state index in [0.717, 1.165) is 22.3 Å². The van der Waals surface area contributed by atoms with Gasteiger partial charge < -0.3 is 8.98 Å². The average molecular weight is 254 g/mol. The first-order valence-electron chi connectivity index (χ1n) is 6.05. The molecule has 0 aliphatic carbocycles. The van der Waals surface area contributed by atoms with Gasteiger partial charge in [-0.25, -0.2) is 4.98 Å². The lowest BCUT2D eigenvalue weighted by Crippen LogP contribution is -2.21. The molecular weight excluding hydrogens is 240 g/mol. The van der Waals surface area contributed by atoms with Gasteiger partial charge in [0, 0.05) is 18.0 Å².